The minimum absolute atomic E-state index is 0.0747. The summed E-state index contributed by atoms with van der Waals surface area (Å²) in [4.78, 5) is 16.8. The lowest BCUT2D eigenvalue weighted by Gasteiger charge is -2.26. The van der Waals surface area contributed by atoms with Gasteiger partial charge in [0.1, 0.15) is 5.75 Å². The molecule has 0 radical (unpaired) electrons. The highest BCUT2D eigenvalue weighted by Gasteiger charge is 2.35. The molecule has 1 aromatic rings. The first kappa shape index (κ1) is 16.1. The Bertz CT molecular complexity index is 508. The normalized spacial score (nSPS) is 24.3. The molecule has 126 valence electrons. The number of rotatable bonds is 5. The van der Waals surface area contributed by atoms with E-state index in [9.17, 15) is 4.79 Å². The largest absolute Gasteiger partial charge is 0.494 e. The molecule has 0 saturated carbocycles. The highest BCUT2D eigenvalue weighted by Crippen LogP contribution is 2.28. The third kappa shape index (κ3) is 4.16. The summed E-state index contributed by atoms with van der Waals surface area (Å²) in [7, 11) is 2.20. The maximum atomic E-state index is 12.3. The summed E-state index contributed by atoms with van der Waals surface area (Å²) in [5, 5.41) is 3.03. The van der Waals surface area contributed by atoms with Gasteiger partial charge in [0, 0.05) is 31.7 Å². The number of hydrogen-bond acceptors (Lipinski definition) is 3. The SMILES string of the molecule is CN1[C@H]2CC[C@H]1CN(C(=O)NCCCOc1ccccc1)CC2. The number of ether oxygens (including phenoxy) is 1. The van der Waals surface area contributed by atoms with Gasteiger partial charge in [-0.2, -0.15) is 0 Å². The molecule has 0 aliphatic carbocycles. The Hall–Kier alpha value is -1.75. The molecule has 2 bridgehead atoms. The van der Waals surface area contributed by atoms with Crippen molar-refractivity contribution >= 4 is 6.03 Å². The van der Waals surface area contributed by atoms with E-state index >= 15 is 0 Å². The van der Waals surface area contributed by atoms with Crippen LogP contribution in [-0.4, -0.2) is 61.2 Å². The Morgan fingerprint density at radius 2 is 2.00 bits per heavy atom. The van der Waals surface area contributed by atoms with Gasteiger partial charge in [-0.1, -0.05) is 18.2 Å². The van der Waals surface area contributed by atoms with Crippen LogP contribution >= 0.6 is 0 Å². The van der Waals surface area contributed by atoms with E-state index in [4.69, 9.17) is 4.74 Å². The summed E-state index contributed by atoms with van der Waals surface area (Å²) in [6.07, 6.45) is 4.42. The first-order valence-corrected chi connectivity index (χ1v) is 8.66. The molecule has 0 spiro atoms. The zero-order chi connectivity index (χ0) is 16.1. The van der Waals surface area contributed by atoms with Gasteiger partial charge in [0.25, 0.3) is 0 Å². The van der Waals surface area contributed by atoms with Gasteiger partial charge in [0.05, 0.1) is 6.61 Å². The molecule has 5 nitrogen and oxygen atoms in total. The number of hydrogen-bond donors (Lipinski definition) is 1. The Balaban J connectivity index is 1.35. The number of nitrogens with one attached hydrogen (secondary N) is 1. The summed E-state index contributed by atoms with van der Waals surface area (Å²) in [5.41, 5.74) is 0. The molecule has 0 unspecified atom stereocenters. The summed E-state index contributed by atoms with van der Waals surface area (Å²) in [6.45, 7) is 3.01. The van der Waals surface area contributed by atoms with Crippen molar-refractivity contribution in [3.63, 3.8) is 0 Å². The number of carbonyl (C=O) groups excluding carboxylic acids is 1. The van der Waals surface area contributed by atoms with Crippen LogP contribution in [0.3, 0.4) is 0 Å². The highest BCUT2D eigenvalue weighted by molar-refractivity contribution is 5.74. The maximum Gasteiger partial charge on any atom is 0.317 e. The van der Waals surface area contributed by atoms with Crippen LogP contribution < -0.4 is 10.1 Å². The molecule has 1 N–H and O–H groups in total. The number of likely N-dealkylation sites (tertiary alicyclic amines) is 1. The standard InChI is InChI=1S/C18H27N3O2/c1-20-15-8-9-16(20)14-21(12-10-15)18(22)19-11-5-13-23-17-6-3-2-4-7-17/h2-4,6-7,15-16H,5,8-14H2,1H3,(H,19,22)/t15-,16-/m0/s1. The quantitative estimate of drug-likeness (QED) is 0.848. The first-order chi connectivity index (χ1) is 11.2. The van der Waals surface area contributed by atoms with Crippen LogP contribution in [0, 0.1) is 0 Å². The minimum atomic E-state index is 0.0747. The average molecular weight is 317 g/mol. The zero-order valence-electron chi connectivity index (χ0n) is 13.9. The predicted molar refractivity (Wildman–Crippen MR) is 90.7 cm³/mol. The molecule has 2 aliphatic rings. The van der Waals surface area contributed by atoms with Crippen molar-refractivity contribution < 1.29 is 9.53 Å². The third-order valence-corrected chi connectivity index (χ3v) is 5.04. The first-order valence-electron chi connectivity index (χ1n) is 8.66. The van der Waals surface area contributed by atoms with Crippen LogP contribution in [0.2, 0.25) is 0 Å². The molecule has 23 heavy (non-hydrogen) atoms. The van der Waals surface area contributed by atoms with Crippen LogP contribution in [0.4, 0.5) is 4.79 Å². The highest BCUT2D eigenvalue weighted by atomic mass is 16.5. The van der Waals surface area contributed by atoms with Gasteiger partial charge in [0.2, 0.25) is 0 Å². The van der Waals surface area contributed by atoms with Crippen molar-refractivity contribution in [2.45, 2.75) is 37.8 Å². The molecule has 2 atom stereocenters. The second-order valence-electron chi connectivity index (χ2n) is 6.53. The summed E-state index contributed by atoms with van der Waals surface area (Å²) < 4.78 is 5.64. The number of likely N-dealkylation sites (N-methyl/N-ethyl adjacent to an activating group) is 1. The number of fused-ring (bicyclic) bond motifs is 2. The zero-order valence-corrected chi connectivity index (χ0v) is 13.9. The van der Waals surface area contributed by atoms with Crippen molar-refractivity contribution in [1.82, 2.24) is 15.1 Å². The summed E-state index contributed by atoms with van der Waals surface area (Å²) >= 11 is 0. The van der Waals surface area contributed by atoms with E-state index in [0.29, 0.717) is 25.2 Å². The summed E-state index contributed by atoms with van der Waals surface area (Å²) in [5.74, 6) is 0.880. The molecule has 0 aromatic heterocycles. The van der Waals surface area contributed by atoms with Crippen molar-refractivity contribution in [1.29, 1.82) is 0 Å². The van der Waals surface area contributed by atoms with Crippen molar-refractivity contribution in [2.24, 2.45) is 0 Å². The Kier molecular flexibility index (Phi) is 5.39. The molecule has 2 heterocycles. The molecular formula is C18H27N3O2. The van der Waals surface area contributed by atoms with E-state index in [0.717, 1.165) is 31.7 Å². The lowest BCUT2D eigenvalue weighted by Crippen LogP contribution is -2.45. The monoisotopic (exact) mass is 317 g/mol. The number of amides is 2. The van der Waals surface area contributed by atoms with Crippen LogP contribution in [0.5, 0.6) is 5.75 Å². The molecular weight excluding hydrogens is 290 g/mol. The Labute approximate surface area is 138 Å². The second-order valence-corrected chi connectivity index (χ2v) is 6.53. The fourth-order valence-electron chi connectivity index (χ4n) is 3.58. The van der Waals surface area contributed by atoms with Gasteiger partial charge in [0.15, 0.2) is 0 Å². The number of para-hydroxylation sites is 1. The summed E-state index contributed by atoms with van der Waals surface area (Å²) in [6, 6.07) is 11.1. The van der Waals surface area contributed by atoms with Gasteiger partial charge < -0.3 is 15.0 Å². The maximum absolute atomic E-state index is 12.3. The van der Waals surface area contributed by atoms with Crippen molar-refractivity contribution in [3.8, 4) is 5.75 Å². The molecule has 5 heteroatoms. The van der Waals surface area contributed by atoms with Crippen molar-refractivity contribution in [3.05, 3.63) is 30.3 Å². The predicted octanol–water partition coefficient (Wildman–Crippen LogP) is 2.33. The van der Waals surface area contributed by atoms with Crippen LogP contribution in [0.15, 0.2) is 30.3 Å². The van der Waals surface area contributed by atoms with Crippen LogP contribution in [-0.2, 0) is 0 Å². The number of nitrogens with zero attached hydrogens (tertiary/aromatic N) is 2. The van der Waals surface area contributed by atoms with Gasteiger partial charge in [-0.15, -0.1) is 0 Å². The second kappa shape index (κ2) is 7.68. The van der Waals surface area contributed by atoms with E-state index in [1.807, 2.05) is 35.2 Å². The van der Waals surface area contributed by atoms with Gasteiger partial charge in [-0.05, 0) is 44.9 Å². The fourth-order valence-corrected chi connectivity index (χ4v) is 3.58. The van der Waals surface area contributed by atoms with E-state index in [1.165, 1.54) is 12.8 Å². The van der Waals surface area contributed by atoms with Gasteiger partial charge in [-0.3, -0.25) is 4.90 Å². The lowest BCUT2D eigenvalue weighted by atomic mass is 10.1. The average Bonchev–Trinajstić information content (AvgIpc) is 2.80. The van der Waals surface area contributed by atoms with E-state index < -0.39 is 0 Å². The minimum Gasteiger partial charge on any atom is -0.494 e. The van der Waals surface area contributed by atoms with Gasteiger partial charge in [-0.25, -0.2) is 4.79 Å². The molecule has 2 aliphatic heterocycles. The third-order valence-electron chi connectivity index (χ3n) is 5.04. The van der Waals surface area contributed by atoms with Crippen molar-refractivity contribution in [2.75, 3.05) is 33.3 Å². The van der Waals surface area contributed by atoms with Gasteiger partial charge >= 0.3 is 6.03 Å². The number of carbonyl (C=O) groups is 1. The molecule has 2 amide bonds. The van der Waals surface area contributed by atoms with Crippen LogP contribution in [0.25, 0.3) is 0 Å². The topological polar surface area (TPSA) is 44.8 Å². The molecule has 1 aromatic carbocycles. The van der Waals surface area contributed by atoms with Crippen LogP contribution in [0.1, 0.15) is 25.7 Å². The molecule has 2 fully saturated rings. The van der Waals surface area contributed by atoms with E-state index in [1.54, 1.807) is 0 Å². The van der Waals surface area contributed by atoms with E-state index in [2.05, 4.69) is 17.3 Å². The number of urea groups is 1. The van der Waals surface area contributed by atoms with E-state index in [-0.39, 0.29) is 6.03 Å². The fraction of sp³-hybridized carbons (Fsp3) is 0.611. The Morgan fingerprint density at radius 3 is 2.83 bits per heavy atom. The Morgan fingerprint density at radius 1 is 1.22 bits per heavy atom. The lowest BCUT2D eigenvalue weighted by molar-refractivity contribution is 0.187. The molecule has 3 rings (SSSR count). The number of benzene rings is 1. The smallest absolute Gasteiger partial charge is 0.317 e. The molecule has 2 saturated heterocycles.